The molecule has 24 heavy (non-hydrogen) atoms. The van der Waals surface area contributed by atoms with Crippen molar-refractivity contribution in [3.63, 3.8) is 0 Å². The van der Waals surface area contributed by atoms with Crippen molar-refractivity contribution in [2.45, 2.75) is 44.4 Å². The summed E-state index contributed by atoms with van der Waals surface area (Å²) in [4.78, 5) is 26.0. The number of hydrogen-bond donors (Lipinski definition) is 1. The van der Waals surface area contributed by atoms with Gasteiger partial charge in [0.2, 0.25) is 11.8 Å². The van der Waals surface area contributed by atoms with Gasteiger partial charge in [-0.25, -0.2) is 4.39 Å². The molecule has 1 aromatic rings. The van der Waals surface area contributed by atoms with E-state index in [1.165, 1.54) is 6.07 Å². The lowest BCUT2D eigenvalue weighted by Gasteiger charge is -2.20. The highest BCUT2D eigenvalue weighted by Gasteiger charge is 2.44. The van der Waals surface area contributed by atoms with Gasteiger partial charge in [0, 0.05) is 32.0 Å². The minimum Gasteiger partial charge on any atom is -0.356 e. The molecule has 1 saturated heterocycles. The van der Waals surface area contributed by atoms with E-state index >= 15 is 0 Å². The fraction of sp³-hybridized carbons (Fsp3) is 0.579. The van der Waals surface area contributed by atoms with E-state index in [1.807, 2.05) is 11.0 Å². The molecule has 1 aliphatic carbocycles. The molecule has 0 radical (unpaired) electrons. The molecular weight excluding hydrogens is 307 g/mol. The molecule has 2 unspecified atom stereocenters. The molecule has 1 heterocycles. The molecule has 2 atom stereocenters. The lowest BCUT2D eigenvalue weighted by Crippen LogP contribution is -2.34. The van der Waals surface area contributed by atoms with Crippen LogP contribution in [0.2, 0.25) is 0 Å². The molecule has 2 fully saturated rings. The van der Waals surface area contributed by atoms with Crippen LogP contribution in [-0.4, -0.2) is 36.3 Å². The zero-order valence-electron chi connectivity index (χ0n) is 14.0. The van der Waals surface area contributed by atoms with Crippen molar-refractivity contribution in [3.8, 4) is 0 Å². The van der Waals surface area contributed by atoms with Gasteiger partial charge in [-0.3, -0.25) is 9.59 Å². The van der Waals surface area contributed by atoms with Gasteiger partial charge < -0.3 is 10.2 Å². The summed E-state index contributed by atoms with van der Waals surface area (Å²) in [5.41, 5.74) is 0.646. The molecule has 2 amide bonds. The van der Waals surface area contributed by atoms with Crippen LogP contribution >= 0.6 is 0 Å². The van der Waals surface area contributed by atoms with E-state index in [4.69, 9.17) is 0 Å². The van der Waals surface area contributed by atoms with E-state index in [0.29, 0.717) is 25.1 Å². The number of carbonyl (C=O) groups excluding carboxylic acids is 2. The van der Waals surface area contributed by atoms with Crippen molar-refractivity contribution in [1.29, 1.82) is 0 Å². The highest BCUT2D eigenvalue weighted by Crippen LogP contribution is 2.48. The predicted molar refractivity (Wildman–Crippen MR) is 89.9 cm³/mol. The maximum Gasteiger partial charge on any atom is 0.223 e. The monoisotopic (exact) mass is 332 g/mol. The van der Waals surface area contributed by atoms with Crippen LogP contribution in [0.3, 0.4) is 0 Å². The van der Waals surface area contributed by atoms with E-state index in [0.717, 1.165) is 38.6 Å². The third-order valence-corrected chi connectivity index (χ3v) is 5.01. The quantitative estimate of drug-likeness (QED) is 0.815. The Kier molecular flexibility index (Phi) is 5.48. The number of carbonyl (C=O) groups is 2. The Labute approximate surface area is 142 Å². The summed E-state index contributed by atoms with van der Waals surface area (Å²) >= 11 is 0. The van der Waals surface area contributed by atoms with E-state index in [2.05, 4.69) is 5.32 Å². The summed E-state index contributed by atoms with van der Waals surface area (Å²) in [5, 5.41) is 2.93. The Hall–Kier alpha value is -1.91. The Morgan fingerprint density at radius 2 is 2.08 bits per heavy atom. The molecule has 2 aliphatic rings. The summed E-state index contributed by atoms with van der Waals surface area (Å²) in [6.45, 7) is 2.12. The van der Waals surface area contributed by atoms with Gasteiger partial charge in [-0.1, -0.05) is 24.6 Å². The highest BCUT2D eigenvalue weighted by molar-refractivity contribution is 5.82. The zero-order chi connectivity index (χ0) is 16.9. The normalized spacial score (nSPS) is 23.7. The van der Waals surface area contributed by atoms with Gasteiger partial charge in [0.05, 0.1) is 0 Å². The SMILES string of the molecule is O=C(NCCCN1CCCCCC1=O)C1CC1c1ccccc1F. The molecule has 0 bridgehead atoms. The summed E-state index contributed by atoms with van der Waals surface area (Å²) < 4.78 is 13.7. The van der Waals surface area contributed by atoms with Gasteiger partial charge in [-0.15, -0.1) is 0 Å². The number of nitrogens with zero attached hydrogens (tertiary/aromatic N) is 1. The molecule has 0 aromatic heterocycles. The molecule has 1 saturated carbocycles. The molecule has 0 spiro atoms. The van der Waals surface area contributed by atoms with Crippen molar-refractivity contribution >= 4 is 11.8 Å². The van der Waals surface area contributed by atoms with E-state index in [9.17, 15) is 14.0 Å². The maximum atomic E-state index is 13.7. The van der Waals surface area contributed by atoms with Crippen LogP contribution in [0.5, 0.6) is 0 Å². The van der Waals surface area contributed by atoms with Gasteiger partial charge in [0.1, 0.15) is 5.82 Å². The molecule has 130 valence electrons. The second kappa shape index (κ2) is 7.77. The standard InChI is InChI=1S/C19H25FN2O2/c20-17-8-4-3-7-14(17)15-13-16(15)19(24)21-10-6-12-22-11-5-1-2-9-18(22)23/h3-4,7-8,15-16H,1-2,5-6,9-13H2,(H,21,24). The Morgan fingerprint density at radius 3 is 2.92 bits per heavy atom. The first-order valence-electron chi connectivity index (χ1n) is 8.96. The minimum atomic E-state index is -0.225. The van der Waals surface area contributed by atoms with Crippen molar-refractivity contribution < 1.29 is 14.0 Å². The third kappa shape index (κ3) is 4.13. The lowest BCUT2D eigenvalue weighted by atomic mass is 10.1. The number of amides is 2. The average molecular weight is 332 g/mol. The average Bonchev–Trinajstić information content (AvgIpc) is 3.38. The summed E-state index contributed by atoms with van der Waals surface area (Å²) in [7, 11) is 0. The van der Waals surface area contributed by atoms with Crippen LogP contribution < -0.4 is 5.32 Å². The third-order valence-electron chi connectivity index (χ3n) is 5.01. The van der Waals surface area contributed by atoms with Crippen molar-refractivity contribution in [2.24, 2.45) is 5.92 Å². The molecule has 1 aromatic carbocycles. The second-order valence-electron chi connectivity index (χ2n) is 6.81. The Bertz CT molecular complexity index is 605. The van der Waals surface area contributed by atoms with Crippen molar-refractivity contribution in [1.82, 2.24) is 10.2 Å². The molecular formula is C19H25FN2O2. The molecule has 5 heteroatoms. The second-order valence-corrected chi connectivity index (χ2v) is 6.81. The van der Waals surface area contributed by atoms with Gasteiger partial charge in [-0.05, 0) is 43.2 Å². The topological polar surface area (TPSA) is 49.4 Å². The molecule has 3 rings (SSSR count). The number of rotatable bonds is 6. The van der Waals surface area contributed by atoms with E-state index in [-0.39, 0.29) is 29.5 Å². The first kappa shape index (κ1) is 16.9. The lowest BCUT2D eigenvalue weighted by molar-refractivity contribution is -0.130. The van der Waals surface area contributed by atoms with Crippen LogP contribution in [0.15, 0.2) is 24.3 Å². The van der Waals surface area contributed by atoms with Crippen LogP contribution in [0.1, 0.15) is 50.0 Å². The van der Waals surface area contributed by atoms with Gasteiger partial charge in [0.15, 0.2) is 0 Å². The fourth-order valence-electron chi connectivity index (χ4n) is 3.49. The van der Waals surface area contributed by atoms with E-state index in [1.54, 1.807) is 12.1 Å². The smallest absolute Gasteiger partial charge is 0.223 e. The van der Waals surface area contributed by atoms with E-state index < -0.39 is 0 Å². The van der Waals surface area contributed by atoms with Gasteiger partial charge >= 0.3 is 0 Å². The van der Waals surface area contributed by atoms with Crippen molar-refractivity contribution in [3.05, 3.63) is 35.6 Å². The number of nitrogens with one attached hydrogen (secondary N) is 1. The minimum absolute atomic E-state index is 0.00504. The molecule has 4 nitrogen and oxygen atoms in total. The predicted octanol–water partition coefficient (Wildman–Crippen LogP) is 2.84. The first-order valence-corrected chi connectivity index (χ1v) is 8.96. The van der Waals surface area contributed by atoms with Crippen LogP contribution in [0, 0.1) is 11.7 Å². The first-order chi connectivity index (χ1) is 11.7. The summed E-state index contributed by atoms with van der Waals surface area (Å²) in [6.07, 6.45) is 5.33. The number of halogens is 1. The Morgan fingerprint density at radius 1 is 1.25 bits per heavy atom. The summed E-state index contributed by atoms with van der Waals surface area (Å²) in [6, 6.07) is 6.68. The highest BCUT2D eigenvalue weighted by atomic mass is 19.1. The number of hydrogen-bond acceptors (Lipinski definition) is 2. The Balaban J connectivity index is 1.38. The van der Waals surface area contributed by atoms with Crippen LogP contribution in [0.25, 0.3) is 0 Å². The fourth-order valence-corrected chi connectivity index (χ4v) is 3.49. The maximum absolute atomic E-state index is 13.7. The largest absolute Gasteiger partial charge is 0.356 e. The van der Waals surface area contributed by atoms with Crippen LogP contribution in [0.4, 0.5) is 4.39 Å². The van der Waals surface area contributed by atoms with Crippen molar-refractivity contribution in [2.75, 3.05) is 19.6 Å². The summed E-state index contributed by atoms with van der Waals surface area (Å²) in [5.74, 6) is -0.0799. The number of benzene rings is 1. The molecule has 1 N–H and O–H groups in total. The van der Waals surface area contributed by atoms with Gasteiger partial charge in [-0.2, -0.15) is 0 Å². The number of likely N-dealkylation sites (tertiary alicyclic amines) is 1. The van der Waals surface area contributed by atoms with Gasteiger partial charge in [0.25, 0.3) is 0 Å². The zero-order valence-corrected chi connectivity index (χ0v) is 14.0. The molecule has 1 aliphatic heterocycles. The van der Waals surface area contributed by atoms with Crippen LogP contribution in [-0.2, 0) is 9.59 Å².